The SMILES string of the molecule is Cc1cc2ccccc2n1C(=O)c1ccc(OC[C@H]2CN(C)c3ccccc3O2)cc1. The fourth-order valence-corrected chi connectivity index (χ4v) is 4.15. The molecule has 4 aromatic rings. The molecular formula is C26H24N2O3. The largest absolute Gasteiger partial charge is 0.490 e. The van der Waals surface area contributed by atoms with Gasteiger partial charge in [-0.3, -0.25) is 9.36 Å². The van der Waals surface area contributed by atoms with Crippen LogP contribution in [0.1, 0.15) is 16.1 Å². The van der Waals surface area contributed by atoms with Gasteiger partial charge in [0.05, 0.1) is 17.7 Å². The number of likely N-dealkylation sites (N-methyl/N-ethyl adjacent to an activating group) is 1. The fourth-order valence-electron chi connectivity index (χ4n) is 4.15. The number of hydrogen-bond acceptors (Lipinski definition) is 4. The first kappa shape index (κ1) is 19.2. The summed E-state index contributed by atoms with van der Waals surface area (Å²) in [5.41, 5.74) is 3.56. The summed E-state index contributed by atoms with van der Waals surface area (Å²) in [6.45, 7) is 3.15. The highest BCUT2D eigenvalue weighted by molar-refractivity contribution is 6.03. The predicted octanol–water partition coefficient (Wildman–Crippen LogP) is 4.91. The third-order valence-electron chi connectivity index (χ3n) is 5.68. The van der Waals surface area contributed by atoms with Gasteiger partial charge in [-0.15, -0.1) is 0 Å². The summed E-state index contributed by atoms with van der Waals surface area (Å²) in [5.74, 6) is 1.55. The molecule has 0 N–H and O–H groups in total. The van der Waals surface area contributed by atoms with Gasteiger partial charge < -0.3 is 14.4 Å². The standard InChI is InChI=1S/C26H24N2O3/c1-18-15-20-7-3-4-8-23(20)28(18)26(29)19-11-13-21(14-12-19)30-17-22-16-27(2)24-9-5-6-10-25(24)31-22/h3-15,22H,16-17H2,1-2H3/t22-/m1/s1. The summed E-state index contributed by atoms with van der Waals surface area (Å²) in [7, 11) is 2.06. The van der Waals surface area contributed by atoms with Crippen molar-refractivity contribution in [2.75, 3.05) is 25.1 Å². The minimum Gasteiger partial charge on any atom is -0.490 e. The zero-order chi connectivity index (χ0) is 21.4. The summed E-state index contributed by atoms with van der Waals surface area (Å²) in [6.07, 6.45) is -0.0601. The van der Waals surface area contributed by atoms with Crippen molar-refractivity contribution < 1.29 is 14.3 Å². The van der Waals surface area contributed by atoms with Crippen LogP contribution in [0.2, 0.25) is 0 Å². The molecule has 2 heterocycles. The molecule has 0 amide bonds. The molecular weight excluding hydrogens is 388 g/mol. The Balaban J connectivity index is 1.27. The maximum Gasteiger partial charge on any atom is 0.262 e. The van der Waals surface area contributed by atoms with Crippen molar-refractivity contribution in [2.24, 2.45) is 0 Å². The topological polar surface area (TPSA) is 43.7 Å². The van der Waals surface area contributed by atoms with Crippen molar-refractivity contribution in [1.82, 2.24) is 4.57 Å². The van der Waals surface area contributed by atoms with Gasteiger partial charge in [0, 0.05) is 23.7 Å². The molecule has 0 radical (unpaired) electrons. The Morgan fingerprint density at radius 3 is 2.61 bits per heavy atom. The summed E-state index contributed by atoms with van der Waals surface area (Å²) >= 11 is 0. The van der Waals surface area contributed by atoms with Crippen molar-refractivity contribution in [2.45, 2.75) is 13.0 Å². The molecule has 5 nitrogen and oxygen atoms in total. The van der Waals surface area contributed by atoms with Crippen LogP contribution in [0.15, 0.2) is 78.9 Å². The van der Waals surface area contributed by atoms with E-state index < -0.39 is 0 Å². The lowest BCUT2D eigenvalue weighted by molar-refractivity contribution is 0.0963. The lowest BCUT2D eigenvalue weighted by atomic mass is 10.2. The number of aromatic nitrogens is 1. The van der Waals surface area contributed by atoms with Gasteiger partial charge in [-0.1, -0.05) is 30.3 Å². The highest BCUT2D eigenvalue weighted by Gasteiger charge is 2.23. The Hall–Kier alpha value is -3.73. The Morgan fingerprint density at radius 1 is 1.03 bits per heavy atom. The molecule has 0 unspecified atom stereocenters. The Bertz CT molecular complexity index is 1240. The lowest BCUT2D eigenvalue weighted by Crippen LogP contribution is -2.41. The zero-order valence-electron chi connectivity index (χ0n) is 17.6. The van der Waals surface area contributed by atoms with Crippen LogP contribution in [0.3, 0.4) is 0 Å². The molecule has 0 spiro atoms. The van der Waals surface area contributed by atoms with Crippen LogP contribution in [0, 0.1) is 6.92 Å². The smallest absolute Gasteiger partial charge is 0.262 e. The van der Waals surface area contributed by atoms with Crippen molar-refractivity contribution in [3.8, 4) is 11.5 Å². The van der Waals surface area contributed by atoms with E-state index in [1.54, 1.807) is 4.57 Å². The number of nitrogens with zero attached hydrogens (tertiary/aromatic N) is 2. The second kappa shape index (κ2) is 7.84. The first-order valence-corrected chi connectivity index (χ1v) is 10.4. The van der Waals surface area contributed by atoms with Gasteiger partial charge in [-0.05, 0) is 55.5 Å². The normalized spacial score (nSPS) is 15.4. The molecule has 0 saturated heterocycles. The molecule has 0 saturated carbocycles. The molecule has 31 heavy (non-hydrogen) atoms. The summed E-state index contributed by atoms with van der Waals surface area (Å²) in [4.78, 5) is 15.3. The predicted molar refractivity (Wildman–Crippen MR) is 122 cm³/mol. The molecule has 5 heteroatoms. The Morgan fingerprint density at radius 2 is 1.77 bits per heavy atom. The first-order valence-electron chi connectivity index (χ1n) is 10.4. The number of anilines is 1. The van der Waals surface area contributed by atoms with E-state index in [1.807, 2.05) is 79.7 Å². The average molecular weight is 412 g/mol. The van der Waals surface area contributed by atoms with E-state index in [1.165, 1.54) is 0 Å². The fraction of sp³-hybridized carbons (Fsp3) is 0.192. The van der Waals surface area contributed by atoms with E-state index in [4.69, 9.17) is 9.47 Å². The number of benzene rings is 3. The lowest BCUT2D eigenvalue weighted by Gasteiger charge is -2.33. The van der Waals surface area contributed by atoms with Crippen LogP contribution in [0.25, 0.3) is 10.9 Å². The molecule has 0 bridgehead atoms. The van der Waals surface area contributed by atoms with Gasteiger partial charge in [0.15, 0.2) is 0 Å². The van der Waals surface area contributed by atoms with Crippen LogP contribution in [-0.2, 0) is 0 Å². The minimum atomic E-state index is -0.0601. The van der Waals surface area contributed by atoms with E-state index in [9.17, 15) is 4.79 Å². The highest BCUT2D eigenvalue weighted by atomic mass is 16.5. The number of para-hydroxylation sites is 3. The molecule has 1 atom stereocenters. The first-order chi connectivity index (χ1) is 15.1. The third kappa shape index (κ3) is 3.63. The second-order valence-corrected chi connectivity index (χ2v) is 7.91. The van der Waals surface area contributed by atoms with Crippen LogP contribution in [0.4, 0.5) is 5.69 Å². The van der Waals surface area contributed by atoms with E-state index in [-0.39, 0.29) is 12.0 Å². The molecule has 3 aromatic carbocycles. The molecule has 0 aliphatic carbocycles. The Kier molecular flexibility index (Phi) is 4.86. The number of carbonyl (C=O) groups excluding carboxylic acids is 1. The van der Waals surface area contributed by atoms with E-state index >= 15 is 0 Å². The van der Waals surface area contributed by atoms with E-state index in [0.29, 0.717) is 12.2 Å². The highest BCUT2D eigenvalue weighted by Crippen LogP contribution is 2.32. The van der Waals surface area contributed by atoms with Crippen LogP contribution in [-0.4, -0.2) is 36.8 Å². The molecule has 1 aliphatic rings. The minimum absolute atomic E-state index is 0.0425. The third-order valence-corrected chi connectivity index (χ3v) is 5.68. The zero-order valence-corrected chi connectivity index (χ0v) is 17.6. The van der Waals surface area contributed by atoms with E-state index in [0.717, 1.165) is 40.3 Å². The molecule has 5 rings (SSSR count). The summed E-state index contributed by atoms with van der Waals surface area (Å²) in [6, 6.07) is 25.3. The number of rotatable bonds is 4. The Labute approximate surface area is 181 Å². The van der Waals surface area contributed by atoms with Crippen molar-refractivity contribution >= 4 is 22.5 Å². The van der Waals surface area contributed by atoms with Gasteiger partial charge in [-0.2, -0.15) is 0 Å². The quantitative estimate of drug-likeness (QED) is 0.478. The number of fused-ring (bicyclic) bond motifs is 2. The van der Waals surface area contributed by atoms with Crippen molar-refractivity contribution in [1.29, 1.82) is 0 Å². The number of aryl methyl sites for hydroxylation is 1. The molecule has 1 aromatic heterocycles. The average Bonchev–Trinajstić information content (AvgIpc) is 3.13. The number of carbonyl (C=O) groups is 1. The molecule has 0 fully saturated rings. The van der Waals surface area contributed by atoms with Crippen molar-refractivity contribution in [3.05, 3.63) is 90.1 Å². The van der Waals surface area contributed by atoms with Gasteiger partial charge in [0.1, 0.15) is 24.2 Å². The monoisotopic (exact) mass is 412 g/mol. The van der Waals surface area contributed by atoms with Gasteiger partial charge >= 0.3 is 0 Å². The molecule has 156 valence electrons. The second-order valence-electron chi connectivity index (χ2n) is 7.91. The maximum atomic E-state index is 13.1. The van der Waals surface area contributed by atoms with Crippen LogP contribution < -0.4 is 14.4 Å². The maximum absolute atomic E-state index is 13.1. The van der Waals surface area contributed by atoms with E-state index in [2.05, 4.69) is 18.0 Å². The van der Waals surface area contributed by atoms with Crippen LogP contribution in [0.5, 0.6) is 11.5 Å². The number of hydrogen-bond donors (Lipinski definition) is 0. The van der Waals surface area contributed by atoms with Gasteiger partial charge in [0.25, 0.3) is 5.91 Å². The van der Waals surface area contributed by atoms with Crippen molar-refractivity contribution in [3.63, 3.8) is 0 Å². The molecule has 1 aliphatic heterocycles. The summed E-state index contributed by atoms with van der Waals surface area (Å²) < 4.78 is 13.8. The van der Waals surface area contributed by atoms with Crippen LogP contribution >= 0.6 is 0 Å². The van der Waals surface area contributed by atoms with Gasteiger partial charge in [-0.25, -0.2) is 0 Å². The summed E-state index contributed by atoms with van der Waals surface area (Å²) in [5, 5.41) is 1.06. The number of ether oxygens (including phenoxy) is 2. The van der Waals surface area contributed by atoms with Gasteiger partial charge in [0.2, 0.25) is 0 Å².